The highest BCUT2D eigenvalue weighted by Gasteiger charge is 2.65. The SMILES string of the molecule is C/C(=C/CC[C@@H](C)[C@H]1CC[C@@]2(C)[C@@H]3CC[C@H]4C(C)(C)C(=O)CC[C@]4(C)C3=CC[C@]12C)C(=O)O. The van der Waals surface area contributed by atoms with E-state index in [0.717, 1.165) is 32.1 Å². The van der Waals surface area contributed by atoms with Crippen LogP contribution in [0.15, 0.2) is 23.3 Å². The van der Waals surface area contributed by atoms with Crippen molar-refractivity contribution in [1.82, 2.24) is 0 Å². The molecule has 0 heterocycles. The maximum atomic E-state index is 12.8. The zero-order valence-electron chi connectivity index (χ0n) is 22.1. The van der Waals surface area contributed by atoms with Gasteiger partial charge in [-0.25, -0.2) is 4.79 Å². The van der Waals surface area contributed by atoms with Crippen molar-refractivity contribution < 1.29 is 14.7 Å². The lowest BCUT2D eigenvalue weighted by Crippen LogP contribution is -2.56. The molecule has 3 saturated carbocycles. The van der Waals surface area contributed by atoms with Gasteiger partial charge in [0.15, 0.2) is 0 Å². The second kappa shape index (κ2) is 8.09. The van der Waals surface area contributed by atoms with Gasteiger partial charge < -0.3 is 5.11 Å². The molecule has 7 atom stereocenters. The van der Waals surface area contributed by atoms with Gasteiger partial charge in [0.1, 0.15) is 5.78 Å². The third kappa shape index (κ3) is 3.50. The zero-order chi connectivity index (χ0) is 24.4. The quantitative estimate of drug-likeness (QED) is 0.343. The highest BCUT2D eigenvalue weighted by molar-refractivity contribution is 5.86. The average molecular weight is 455 g/mol. The summed E-state index contributed by atoms with van der Waals surface area (Å²) in [4.78, 5) is 23.9. The van der Waals surface area contributed by atoms with E-state index in [9.17, 15) is 9.59 Å². The molecule has 4 aliphatic rings. The molecule has 0 aromatic carbocycles. The molecule has 3 nitrogen and oxygen atoms in total. The van der Waals surface area contributed by atoms with Gasteiger partial charge in [-0.3, -0.25) is 4.79 Å². The highest BCUT2D eigenvalue weighted by atomic mass is 16.4. The van der Waals surface area contributed by atoms with Gasteiger partial charge in [-0.1, -0.05) is 59.3 Å². The summed E-state index contributed by atoms with van der Waals surface area (Å²) in [5.41, 5.74) is 2.77. The summed E-state index contributed by atoms with van der Waals surface area (Å²) in [6.45, 7) is 16.2. The number of allylic oxidation sites excluding steroid dienone is 3. The van der Waals surface area contributed by atoms with Gasteiger partial charge in [-0.05, 0) is 98.2 Å². The molecule has 0 unspecified atom stereocenters. The van der Waals surface area contributed by atoms with Crippen molar-refractivity contribution in [3.05, 3.63) is 23.3 Å². The normalized spacial score (nSPS) is 43.2. The molecule has 0 aromatic rings. The van der Waals surface area contributed by atoms with E-state index in [4.69, 9.17) is 5.11 Å². The molecule has 4 rings (SSSR count). The van der Waals surface area contributed by atoms with Crippen molar-refractivity contribution in [2.24, 2.45) is 45.3 Å². The number of rotatable bonds is 5. The first kappa shape index (κ1) is 24.7. The number of carbonyl (C=O) groups is 2. The molecule has 33 heavy (non-hydrogen) atoms. The first-order chi connectivity index (χ1) is 15.3. The first-order valence-corrected chi connectivity index (χ1v) is 13.4. The number of carbonyl (C=O) groups excluding carboxylic acids is 1. The van der Waals surface area contributed by atoms with E-state index in [1.54, 1.807) is 12.5 Å². The molecule has 0 amide bonds. The molecular formula is C30H46O3. The molecule has 0 saturated heterocycles. The number of hydrogen-bond donors (Lipinski definition) is 1. The second-order valence-electron chi connectivity index (χ2n) is 13.3. The molecular weight excluding hydrogens is 408 g/mol. The minimum Gasteiger partial charge on any atom is -0.478 e. The predicted molar refractivity (Wildman–Crippen MR) is 134 cm³/mol. The summed E-state index contributed by atoms with van der Waals surface area (Å²) in [7, 11) is 0. The van der Waals surface area contributed by atoms with E-state index in [1.807, 2.05) is 6.08 Å². The fraction of sp³-hybridized carbons (Fsp3) is 0.800. The third-order valence-corrected chi connectivity index (χ3v) is 11.7. The van der Waals surface area contributed by atoms with E-state index in [-0.39, 0.29) is 10.8 Å². The molecule has 0 bridgehead atoms. The second-order valence-corrected chi connectivity index (χ2v) is 13.3. The predicted octanol–water partition coefficient (Wildman–Crippen LogP) is 7.61. The number of ketones is 1. The molecule has 1 N–H and O–H groups in total. The zero-order valence-corrected chi connectivity index (χ0v) is 22.1. The van der Waals surface area contributed by atoms with Crippen LogP contribution < -0.4 is 0 Å². The van der Waals surface area contributed by atoms with Crippen LogP contribution in [-0.2, 0) is 9.59 Å². The van der Waals surface area contributed by atoms with Crippen molar-refractivity contribution in [3.63, 3.8) is 0 Å². The number of Topliss-reactive ketones (excluding diaryl/α,β-unsaturated/α-hetero) is 1. The number of aliphatic carboxylic acids is 1. The Kier molecular flexibility index (Phi) is 6.07. The summed E-state index contributed by atoms with van der Waals surface area (Å²) in [6.07, 6.45) is 14.4. The topological polar surface area (TPSA) is 54.4 Å². The van der Waals surface area contributed by atoms with Gasteiger partial charge in [0.05, 0.1) is 0 Å². The molecule has 3 heteroatoms. The Morgan fingerprint density at radius 2 is 1.82 bits per heavy atom. The Balaban J connectivity index is 1.59. The number of fused-ring (bicyclic) bond motifs is 5. The Bertz CT molecular complexity index is 894. The molecule has 184 valence electrons. The molecule has 0 radical (unpaired) electrons. The minimum absolute atomic E-state index is 0.174. The van der Waals surface area contributed by atoms with Crippen molar-refractivity contribution in [1.29, 1.82) is 0 Å². The summed E-state index contributed by atoms with van der Waals surface area (Å²) < 4.78 is 0. The lowest BCUT2D eigenvalue weighted by molar-refractivity contribution is -0.142. The standard InChI is InChI=1S/C30H46O3/c1-19(9-8-10-20(2)26(32)33)21-13-17-30(7)23-11-12-24-27(3,4)25(31)15-16-28(24,5)22(23)14-18-29(21,30)6/h10,14,19,21,23-24H,8-9,11-13,15-18H2,1-7H3,(H,32,33)/b20-10-/t19-,21-,23-,24+,28-,29-,30+/m1/s1. The van der Waals surface area contributed by atoms with Crippen LogP contribution in [0.4, 0.5) is 0 Å². The van der Waals surface area contributed by atoms with Gasteiger partial charge in [0, 0.05) is 17.4 Å². The van der Waals surface area contributed by atoms with E-state index in [1.165, 1.54) is 25.7 Å². The Morgan fingerprint density at radius 1 is 1.12 bits per heavy atom. The van der Waals surface area contributed by atoms with Gasteiger partial charge in [-0.15, -0.1) is 0 Å². The van der Waals surface area contributed by atoms with E-state index in [0.29, 0.717) is 45.9 Å². The number of carboxylic acid groups (broad SMARTS) is 1. The molecule has 0 aliphatic heterocycles. The van der Waals surface area contributed by atoms with Crippen LogP contribution in [-0.4, -0.2) is 16.9 Å². The summed E-state index contributed by atoms with van der Waals surface area (Å²) >= 11 is 0. The van der Waals surface area contributed by atoms with Crippen LogP contribution in [0.5, 0.6) is 0 Å². The fourth-order valence-electron chi connectivity index (χ4n) is 9.33. The summed E-state index contributed by atoms with van der Waals surface area (Å²) in [5, 5.41) is 9.15. The van der Waals surface area contributed by atoms with Crippen molar-refractivity contribution in [2.45, 2.75) is 106 Å². The van der Waals surface area contributed by atoms with Crippen LogP contribution in [0, 0.1) is 45.3 Å². The summed E-state index contributed by atoms with van der Waals surface area (Å²) in [5.74, 6) is 2.08. The average Bonchev–Trinajstić information content (AvgIpc) is 3.02. The van der Waals surface area contributed by atoms with E-state index < -0.39 is 5.97 Å². The fourth-order valence-corrected chi connectivity index (χ4v) is 9.33. The lowest BCUT2D eigenvalue weighted by atomic mass is 9.41. The Morgan fingerprint density at radius 3 is 2.48 bits per heavy atom. The van der Waals surface area contributed by atoms with Gasteiger partial charge >= 0.3 is 5.97 Å². The van der Waals surface area contributed by atoms with Crippen LogP contribution in [0.1, 0.15) is 106 Å². The third-order valence-electron chi connectivity index (χ3n) is 11.7. The molecule has 4 aliphatic carbocycles. The monoisotopic (exact) mass is 454 g/mol. The van der Waals surface area contributed by atoms with Gasteiger partial charge in [0.25, 0.3) is 0 Å². The smallest absolute Gasteiger partial charge is 0.330 e. The summed E-state index contributed by atoms with van der Waals surface area (Å²) in [6, 6.07) is 0. The first-order valence-electron chi connectivity index (χ1n) is 13.4. The molecule has 3 fully saturated rings. The van der Waals surface area contributed by atoms with E-state index >= 15 is 0 Å². The van der Waals surface area contributed by atoms with Gasteiger partial charge in [-0.2, -0.15) is 0 Å². The van der Waals surface area contributed by atoms with Crippen molar-refractivity contribution in [2.75, 3.05) is 0 Å². The van der Waals surface area contributed by atoms with Crippen LogP contribution >= 0.6 is 0 Å². The lowest BCUT2D eigenvalue weighted by Gasteiger charge is -2.63. The maximum Gasteiger partial charge on any atom is 0.330 e. The van der Waals surface area contributed by atoms with Crippen LogP contribution in [0.2, 0.25) is 0 Å². The number of carboxylic acids is 1. The largest absolute Gasteiger partial charge is 0.478 e. The van der Waals surface area contributed by atoms with Crippen LogP contribution in [0.3, 0.4) is 0 Å². The van der Waals surface area contributed by atoms with Crippen LogP contribution in [0.25, 0.3) is 0 Å². The van der Waals surface area contributed by atoms with Crippen molar-refractivity contribution in [3.8, 4) is 0 Å². The van der Waals surface area contributed by atoms with E-state index in [2.05, 4.69) is 47.6 Å². The Hall–Kier alpha value is -1.38. The number of hydrogen-bond acceptors (Lipinski definition) is 2. The molecule has 0 aromatic heterocycles. The minimum atomic E-state index is -0.801. The molecule has 0 spiro atoms. The highest BCUT2D eigenvalue weighted by Crippen LogP contribution is 2.72. The maximum absolute atomic E-state index is 12.8. The Labute approximate surface area is 201 Å². The van der Waals surface area contributed by atoms with Gasteiger partial charge in [0.2, 0.25) is 0 Å². The van der Waals surface area contributed by atoms with Crippen molar-refractivity contribution >= 4 is 11.8 Å².